The lowest BCUT2D eigenvalue weighted by Crippen LogP contribution is -2.27. The van der Waals surface area contributed by atoms with Crippen molar-refractivity contribution < 1.29 is 24.1 Å². The van der Waals surface area contributed by atoms with Crippen molar-refractivity contribution in [2.45, 2.75) is 6.42 Å². The van der Waals surface area contributed by atoms with E-state index in [2.05, 4.69) is 20.7 Å². The molecule has 0 bridgehead atoms. The average Bonchev–Trinajstić information content (AvgIpc) is 2.62. The number of Topliss-reactive ketones (excluding diaryl/α,β-unsaturated/α-hetero) is 3. The fourth-order valence-electron chi connectivity index (χ4n) is 2.07. The van der Waals surface area contributed by atoms with Crippen LogP contribution in [0.1, 0.15) is 27.1 Å². The zero-order valence-corrected chi connectivity index (χ0v) is 14.7. The van der Waals surface area contributed by atoms with E-state index in [1.807, 2.05) is 0 Å². The number of carbonyl (C=O) groups is 3. The Bertz CT molecular complexity index is 945. The quantitative estimate of drug-likeness (QED) is 0.130. The van der Waals surface area contributed by atoms with Crippen LogP contribution in [0.2, 0.25) is 0 Å². The number of nitrogens with zero attached hydrogens (tertiary/aromatic N) is 3. The minimum Gasteiger partial charge on any atom is -0.360 e. The van der Waals surface area contributed by atoms with E-state index in [0.29, 0.717) is 0 Å². The molecule has 0 aliphatic rings. The van der Waals surface area contributed by atoms with Gasteiger partial charge in [0, 0.05) is 27.7 Å². The Labute approximate surface area is 155 Å². The molecule has 0 aromatic heterocycles. The van der Waals surface area contributed by atoms with Crippen molar-refractivity contribution in [3.63, 3.8) is 0 Å². The number of hydrogen-bond donors (Lipinski definition) is 0. The topological polar surface area (TPSA) is 131 Å². The average molecular weight is 416 g/mol. The van der Waals surface area contributed by atoms with Crippen LogP contribution in [-0.4, -0.2) is 32.8 Å². The summed E-state index contributed by atoms with van der Waals surface area (Å²) in [5.74, 6) is -2.43. The van der Waals surface area contributed by atoms with E-state index in [4.69, 9.17) is 5.53 Å². The van der Waals surface area contributed by atoms with E-state index < -0.39 is 34.4 Å². The molecule has 26 heavy (non-hydrogen) atoms. The fourth-order valence-corrected chi connectivity index (χ4v) is 2.33. The smallest absolute Gasteiger partial charge is 0.360 e. The highest BCUT2D eigenvalue weighted by Crippen LogP contribution is 2.14. The standard InChI is InChI=1S/C17H10BrN3O5/c18-12-5-1-10(2-6-12)14(22)9-15(23)16(20-19)17(24)11-3-7-13(8-4-11)21(25)26/h1-8H,9H2. The Hall–Kier alpha value is -3.29. The highest BCUT2D eigenvalue weighted by Gasteiger charge is 2.32. The van der Waals surface area contributed by atoms with Gasteiger partial charge in [-0.3, -0.25) is 24.5 Å². The van der Waals surface area contributed by atoms with Gasteiger partial charge in [-0.25, -0.2) is 0 Å². The summed E-state index contributed by atoms with van der Waals surface area (Å²) >= 11 is 3.22. The van der Waals surface area contributed by atoms with E-state index in [-0.39, 0.29) is 16.8 Å². The van der Waals surface area contributed by atoms with Gasteiger partial charge < -0.3 is 5.53 Å². The van der Waals surface area contributed by atoms with Crippen LogP contribution < -0.4 is 0 Å². The molecule has 0 atom stereocenters. The largest absolute Gasteiger partial charge is 0.405 e. The summed E-state index contributed by atoms with van der Waals surface area (Å²) in [4.78, 5) is 49.2. The number of halogens is 1. The second-order valence-electron chi connectivity index (χ2n) is 5.11. The lowest BCUT2D eigenvalue weighted by Gasteiger charge is -2.00. The summed E-state index contributed by atoms with van der Waals surface area (Å²) in [7, 11) is 0. The Morgan fingerprint density at radius 2 is 1.54 bits per heavy atom. The van der Waals surface area contributed by atoms with Crippen molar-refractivity contribution in [3.05, 3.63) is 79.8 Å². The van der Waals surface area contributed by atoms with Crippen molar-refractivity contribution in [2.75, 3.05) is 0 Å². The predicted molar refractivity (Wildman–Crippen MR) is 94.1 cm³/mol. The third-order valence-corrected chi connectivity index (χ3v) is 3.94. The normalized spacial score (nSPS) is 9.88. The number of nitro benzene ring substituents is 1. The molecule has 0 heterocycles. The molecule has 130 valence electrons. The summed E-state index contributed by atoms with van der Waals surface area (Å²) in [5, 5.41) is 10.6. The molecular weight excluding hydrogens is 406 g/mol. The summed E-state index contributed by atoms with van der Waals surface area (Å²) in [6, 6.07) is 10.7. The summed E-state index contributed by atoms with van der Waals surface area (Å²) < 4.78 is 0.756. The summed E-state index contributed by atoms with van der Waals surface area (Å²) in [6.45, 7) is 0. The zero-order valence-electron chi connectivity index (χ0n) is 13.1. The number of benzene rings is 2. The van der Waals surface area contributed by atoms with Crippen molar-refractivity contribution in [1.29, 1.82) is 0 Å². The van der Waals surface area contributed by atoms with Crippen LogP contribution in [0.25, 0.3) is 5.53 Å². The molecule has 0 N–H and O–H groups in total. The van der Waals surface area contributed by atoms with Crippen LogP contribution in [0.5, 0.6) is 0 Å². The highest BCUT2D eigenvalue weighted by molar-refractivity contribution is 9.10. The van der Waals surface area contributed by atoms with E-state index >= 15 is 0 Å². The summed E-state index contributed by atoms with van der Waals surface area (Å²) in [5.41, 5.74) is 8.15. The maximum absolute atomic E-state index is 12.3. The van der Waals surface area contributed by atoms with Crippen molar-refractivity contribution >= 4 is 44.7 Å². The zero-order chi connectivity index (χ0) is 19.3. The third-order valence-electron chi connectivity index (χ3n) is 3.41. The summed E-state index contributed by atoms with van der Waals surface area (Å²) in [6.07, 6.45) is -0.653. The van der Waals surface area contributed by atoms with Gasteiger partial charge in [-0.1, -0.05) is 28.1 Å². The molecule has 0 aliphatic carbocycles. The van der Waals surface area contributed by atoms with Gasteiger partial charge >= 0.3 is 5.71 Å². The number of hydrogen-bond acceptors (Lipinski definition) is 5. The molecule has 2 aromatic carbocycles. The maximum Gasteiger partial charge on any atom is 0.405 e. The van der Waals surface area contributed by atoms with Crippen LogP contribution >= 0.6 is 15.9 Å². The van der Waals surface area contributed by atoms with Gasteiger partial charge in [0.15, 0.2) is 5.78 Å². The molecule has 0 amide bonds. The molecule has 0 radical (unpaired) electrons. The molecule has 0 aliphatic heterocycles. The highest BCUT2D eigenvalue weighted by atomic mass is 79.9. The van der Waals surface area contributed by atoms with E-state index in [1.165, 1.54) is 12.1 Å². The Kier molecular flexibility index (Phi) is 6.00. The number of non-ortho nitro benzene ring substituents is 1. The van der Waals surface area contributed by atoms with Gasteiger partial charge in [0.1, 0.15) is 0 Å². The number of rotatable bonds is 7. The predicted octanol–water partition coefficient (Wildman–Crippen LogP) is 3.05. The Balaban J connectivity index is 2.16. The van der Waals surface area contributed by atoms with Crippen LogP contribution in [0.3, 0.4) is 0 Å². The van der Waals surface area contributed by atoms with E-state index in [0.717, 1.165) is 28.7 Å². The van der Waals surface area contributed by atoms with E-state index in [9.17, 15) is 24.5 Å². The van der Waals surface area contributed by atoms with Crippen LogP contribution in [-0.2, 0) is 4.79 Å². The van der Waals surface area contributed by atoms with Crippen LogP contribution in [0.4, 0.5) is 5.69 Å². The molecular formula is C17H10BrN3O5. The lowest BCUT2D eigenvalue weighted by atomic mass is 9.98. The van der Waals surface area contributed by atoms with Crippen molar-refractivity contribution in [2.24, 2.45) is 0 Å². The molecule has 8 nitrogen and oxygen atoms in total. The Morgan fingerprint density at radius 1 is 1.00 bits per heavy atom. The van der Waals surface area contributed by atoms with Gasteiger partial charge in [0.05, 0.1) is 11.3 Å². The van der Waals surface area contributed by atoms with E-state index in [1.54, 1.807) is 12.1 Å². The minimum absolute atomic E-state index is 0.0761. The van der Waals surface area contributed by atoms with Crippen molar-refractivity contribution in [1.82, 2.24) is 0 Å². The van der Waals surface area contributed by atoms with Crippen molar-refractivity contribution in [3.8, 4) is 0 Å². The van der Waals surface area contributed by atoms with Gasteiger partial charge in [0.25, 0.3) is 17.3 Å². The lowest BCUT2D eigenvalue weighted by molar-refractivity contribution is -0.384. The maximum atomic E-state index is 12.3. The first-order valence-corrected chi connectivity index (χ1v) is 7.96. The monoisotopic (exact) mass is 415 g/mol. The minimum atomic E-state index is -0.955. The second-order valence-corrected chi connectivity index (χ2v) is 6.03. The molecule has 0 spiro atoms. The Morgan fingerprint density at radius 3 is 2.04 bits per heavy atom. The molecule has 9 heteroatoms. The first-order valence-electron chi connectivity index (χ1n) is 7.16. The fraction of sp³-hybridized carbons (Fsp3) is 0.0588. The molecule has 2 aromatic rings. The van der Waals surface area contributed by atoms with Gasteiger partial charge in [-0.2, -0.15) is 4.79 Å². The van der Waals surface area contributed by atoms with Crippen LogP contribution in [0, 0.1) is 10.1 Å². The first kappa shape index (κ1) is 19.0. The van der Waals surface area contributed by atoms with Crippen LogP contribution in [0.15, 0.2) is 53.0 Å². The number of nitro groups is 1. The molecule has 0 saturated carbocycles. The number of carbonyl (C=O) groups excluding carboxylic acids is 3. The first-order chi connectivity index (χ1) is 12.3. The SMILES string of the molecule is [N-]=[N+]=C(C(=O)CC(=O)c1ccc(Br)cc1)C(=O)c1ccc([N+](=O)[O-])cc1. The van der Waals surface area contributed by atoms with Gasteiger partial charge in [0.2, 0.25) is 0 Å². The molecule has 2 rings (SSSR count). The second kappa shape index (κ2) is 8.19. The van der Waals surface area contributed by atoms with Gasteiger partial charge in [-0.15, -0.1) is 0 Å². The van der Waals surface area contributed by atoms with Gasteiger partial charge in [-0.05, 0) is 24.3 Å². The molecule has 0 fully saturated rings. The number of ketones is 3. The third kappa shape index (κ3) is 4.41. The molecule has 0 unspecified atom stereocenters. The molecule has 0 saturated heterocycles.